The molecule has 7 heteroatoms. The molecule has 1 heterocycles. The number of likely N-dealkylation sites (tertiary alicyclic amines) is 1. The number of amides is 2. The lowest BCUT2D eigenvalue weighted by Gasteiger charge is -2.33. The SMILES string of the molecule is CCCS(=O)(=O)C(C)C(=O)N1CCC(NC(=O)c2ccccc2C)CC1. The Morgan fingerprint density at radius 1 is 1.23 bits per heavy atom. The number of sulfone groups is 1. The van der Waals surface area contributed by atoms with Gasteiger partial charge in [-0.3, -0.25) is 9.59 Å². The fourth-order valence-corrected chi connectivity index (χ4v) is 4.59. The Bertz CT molecular complexity index is 753. The van der Waals surface area contributed by atoms with Crippen molar-refractivity contribution in [1.29, 1.82) is 0 Å². The lowest BCUT2D eigenvalue weighted by Crippen LogP contribution is -2.50. The Morgan fingerprint density at radius 2 is 1.85 bits per heavy atom. The smallest absolute Gasteiger partial charge is 0.251 e. The highest BCUT2D eigenvalue weighted by molar-refractivity contribution is 7.92. The van der Waals surface area contributed by atoms with Gasteiger partial charge >= 0.3 is 0 Å². The van der Waals surface area contributed by atoms with Crippen molar-refractivity contribution in [3.05, 3.63) is 35.4 Å². The molecule has 0 aromatic heterocycles. The second-order valence-electron chi connectivity index (χ2n) is 6.90. The minimum atomic E-state index is -3.39. The van der Waals surface area contributed by atoms with Crippen molar-refractivity contribution in [3.63, 3.8) is 0 Å². The largest absolute Gasteiger partial charge is 0.349 e. The molecule has 1 aromatic rings. The number of aryl methyl sites for hydroxylation is 1. The van der Waals surface area contributed by atoms with Gasteiger partial charge in [0.15, 0.2) is 9.84 Å². The standard InChI is InChI=1S/C19H28N2O4S/c1-4-13-26(24,25)15(3)19(23)21-11-9-16(10-12-21)20-18(22)17-8-6-5-7-14(17)2/h5-8,15-16H,4,9-13H2,1-3H3,(H,20,22). The highest BCUT2D eigenvalue weighted by Crippen LogP contribution is 2.16. The van der Waals surface area contributed by atoms with Crippen LogP contribution in [0, 0.1) is 6.92 Å². The first-order valence-corrected chi connectivity index (χ1v) is 10.8. The van der Waals surface area contributed by atoms with Gasteiger partial charge in [0.05, 0.1) is 5.75 Å². The van der Waals surface area contributed by atoms with Gasteiger partial charge in [-0.05, 0) is 44.7 Å². The molecule has 0 radical (unpaired) electrons. The number of hydrogen-bond donors (Lipinski definition) is 1. The van der Waals surface area contributed by atoms with Crippen LogP contribution in [-0.2, 0) is 14.6 Å². The Labute approximate surface area is 155 Å². The summed E-state index contributed by atoms with van der Waals surface area (Å²) < 4.78 is 24.2. The number of piperidine rings is 1. The van der Waals surface area contributed by atoms with E-state index in [9.17, 15) is 18.0 Å². The average Bonchev–Trinajstić information content (AvgIpc) is 2.61. The van der Waals surface area contributed by atoms with E-state index in [4.69, 9.17) is 0 Å². The van der Waals surface area contributed by atoms with Crippen molar-refractivity contribution in [2.24, 2.45) is 0 Å². The molecule has 144 valence electrons. The fourth-order valence-electron chi connectivity index (χ4n) is 3.21. The summed E-state index contributed by atoms with van der Waals surface area (Å²) in [5.74, 6) is -0.406. The van der Waals surface area contributed by atoms with Crippen LogP contribution in [-0.4, -0.2) is 55.3 Å². The predicted molar refractivity (Wildman–Crippen MR) is 102 cm³/mol. The zero-order valence-electron chi connectivity index (χ0n) is 15.7. The molecule has 0 saturated carbocycles. The molecule has 1 fully saturated rings. The zero-order valence-corrected chi connectivity index (χ0v) is 16.5. The molecule has 1 unspecified atom stereocenters. The van der Waals surface area contributed by atoms with E-state index in [-0.39, 0.29) is 23.6 Å². The topological polar surface area (TPSA) is 83.6 Å². The molecular weight excluding hydrogens is 352 g/mol. The molecule has 1 aromatic carbocycles. The molecule has 0 aliphatic carbocycles. The maximum atomic E-state index is 12.5. The first-order valence-electron chi connectivity index (χ1n) is 9.13. The van der Waals surface area contributed by atoms with E-state index in [2.05, 4.69) is 5.32 Å². The van der Waals surface area contributed by atoms with Crippen molar-refractivity contribution < 1.29 is 18.0 Å². The Morgan fingerprint density at radius 3 is 2.42 bits per heavy atom. The first kappa shape index (κ1) is 20.4. The predicted octanol–water partition coefficient (Wildman–Crippen LogP) is 1.93. The number of nitrogens with zero attached hydrogens (tertiary/aromatic N) is 1. The van der Waals surface area contributed by atoms with E-state index in [1.165, 1.54) is 6.92 Å². The molecule has 6 nitrogen and oxygen atoms in total. The Balaban J connectivity index is 1.90. The van der Waals surface area contributed by atoms with E-state index in [0.29, 0.717) is 37.9 Å². The minimum absolute atomic E-state index is 0.00582. The molecule has 0 bridgehead atoms. The summed E-state index contributed by atoms with van der Waals surface area (Å²) in [6.45, 7) is 6.08. The number of carbonyl (C=O) groups is 2. The molecule has 0 spiro atoms. The summed E-state index contributed by atoms with van der Waals surface area (Å²) in [5.41, 5.74) is 1.58. The summed E-state index contributed by atoms with van der Waals surface area (Å²) in [5, 5.41) is 2.02. The molecule has 1 atom stereocenters. The molecule has 1 aliphatic rings. The molecule has 26 heavy (non-hydrogen) atoms. The maximum absolute atomic E-state index is 12.5. The molecule has 2 amide bonds. The van der Waals surface area contributed by atoms with Gasteiger partial charge in [-0.15, -0.1) is 0 Å². The summed E-state index contributed by atoms with van der Waals surface area (Å²) in [7, 11) is -3.39. The van der Waals surface area contributed by atoms with Gasteiger partial charge in [0.2, 0.25) is 5.91 Å². The van der Waals surface area contributed by atoms with Crippen LogP contribution in [0.1, 0.15) is 49.0 Å². The van der Waals surface area contributed by atoms with E-state index in [1.54, 1.807) is 17.9 Å². The van der Waals surface area contributed by atoms with Crippen LogP contribution >= 0.6 is 0 Å². The summed E-state index contributed by atoms with van der Waals surface area (Å²) >= 11 is 0. The number of benzene rings is 1. The van der Waals surface area contributed by atoms with Gasteiger partial charge in [-0.25, -0.2) is 8.42 Å². The average molecular weight is 381 g/mol. The minimum Gasteiger partial charge on any atom is -0.349 e. The van der Waals surface area contributed by atoms with Gasteiger partial charge in [-0.2, -0.15) is 0 Å². The third kappa shape index (κ3) is 4.84. The van der Waals surface area contributed by atoms with Crippen molar-refractivity contribution >= 4 is 21.7 Å². The quantitative estimate of drug-likeness (QED) is 0.817. The number of carbonyl (C=O) groups excluding carboxylic acids is 2. The van der Waals surface area contributed by atoms with Gasteiger partial charge in [0.25, 0.3) is 5.91 Å². The third-order valence-corrected chi connectivity index (χ3v) is 7.16. The van der Waals surface area contributed by atoms with Crippen LogP contribution in [0.2, 0.25) is 0 Å². The summed E-state index contributed by atoms with van der Waals surface area (Å²) in [6.07, 6.45) is 1.76. The van der Waals surface area contributed by atoms with Crippen LogP contribution in [0.3, 0.4) is 0 Å². The first-order chi connectivity index (χ1) is 12.3. The Kier molecular flexibility index (Phi) is 6.81. The van der Waals surface area contributed by atoms with Crippen molar-refractivity contribution in [3.8, 4) is 0 Å². The maximum Gasteiger partial charge on any atom is 0.251 e. The second-order valence-corrected chi connectivity index (χ2v) is 9.34. The van der Waals surface area contributed by atoms with E-state index < -0.39 is 15.1 Å². The van der Waals surface area contributed by atoms with Crippen LogP contribution in [0.15, 0.2) is 24.3 Å². The lowest BCUT2D eigenvalue weighted by molar-refractivity contribution is -0.131. The highest BCUT2D eigenvalue weighted by atomic mass is 32.2. The highest BCUT2D eigenvalue weighted by Gasteiger charge is 2.33. The van der Waals surface area contributed by atoms with Crippen LogP contribution < -0.4 is 5.32 Å². The monoisotopic (exact) mass is 380 g/mol. The summed E-state index contributed by atoms with van der Waals surface area (Å²) in [6, 6.07) is 7.41. The Hall–Kier alpha value is -1.89. The van der Waals surface area contributed by atoms with Crippen molar-refractivity contribution in [1.82, 2.24) is 10.2 Å². The van der Waals surface area contributed by atoms with Crippen molar-refractivity contribution in [2.45, 2.75) is 51.3 Å². The van der Waals surface area contributed by atoms with Gasteiger partial charge in [0, 0.05) is 24.7 Å². The van der Waals surface area contributed by atoms with Crippen LogP contribution in [0.5, 0.6) is 0 Å². The van der Waals surface area contributed by atoms with E-state index in [1.807, 2.05) is 25.1 Å². The van der Waals surface area contributed by atoms with Gasteiger partial charge in [-0.1, -0.05) is 25.1 Å². The van der Waals surface area contributed by atoms with E-state index in [0.717, 1.165) is 5.56 Å². The second kappa shape index (κ2) is 8.66. The summed E-state index contributed by atoms with van der Waals surface area (Å²) in [4.78, 5) is 26.5. The van der Waals surface area contributed by atoms with Gasteiger partial charge < -0.3 is 10.2 Å². The molecular formula is C19H28N2O4S. The fraction of sp³-hybridized carbons (Fsp3) is 0.579. The molecule has 1 N–H and O–H groups in total. The normalized spacial score (nSPS) is 17.0. The number of rotatable bonds is 6. The van der Waals surface area contributed by atoms with Crippen molar-refractivity contribution in [2.75, 3.05) is 18.8 Å². The number of nitrogens with one attached hydrogen (secondary N) is 1. The lowest BCUT2D eigenvalue weighted by atomic mass is 10.0. The number of hydrogen-bond acceptors (Lipinski definition) is 4. The van der Waals surface area contributed by atoms with Gasteiger partial charge in [0.1, 0.15) is 5.25 Å². The zero-order chi connectivity index (χ0) is 19.3. The molecule has 2 rings (SSSR count). The van der Waals surface area contributed by atoms with Crippen LogP contribution in [0.25, 0.3) is 0 Å². The molecule has 1 saturated heterocycles. The van der Waals surface area contributed by atoms with E-state index >= 15 is 0 Å². The molecule has 1 aliphatic heterocycles. The van der Waals surface area contributed by atoms with Crippen LogP contribution in [0.4, 0.5) is 0 Å². The third-order valence-electron chi connectivity index (χ3n) is 4.91.